The summed E-state index contributed by atoms with van der Waals surface area (Å²) in [5.41, 5.74) is 8.08. The van der Waals surface area contributed by atoms with Gasteiger partial charge < -0.3 is 10.8 Å². The zero-order valence-electron chi connectivity index (χ0n) is 12.6. The molecule has 7 heteroatoms. The maximum absolute atomic E-state index is 12.2. The molecular weight excluding hydrogens is 316 g/mol. The van der Waals surface area contributed by atoms with Crippen molar-refractivity contribution in [1.82, 2.24) is 4.72 Å². The first kappa shape index (κ1) is 17.0. The van der Waals surface area contributed by atoms with Gasteiger partial charge in [-0.05, 0) is 30.2 Å². The number of anilines is 1. The van der Waals surface area contributed by atoms with Crippen molar-refractivity contribution < 1.29 is 18.3 Å². The first-order valence-electron chi connectivity index (χ1n) is 7.05. The maximum Gasteiger partial charge on any atom is 0.321 e. The summed E-state index contributed by atoms with van der Waals surface area (Å²) in [6, 6.07) is 12.3. The van der Waals surface area contributed by atoms with Crippen LogP contribution >= 0.6 is 0 Å². The standard InChI is InChI=1S/C16H18N2O4S/c1-2-15(16(19)20)18-23(21,22)12-9-7-11(8-10-12)13-5-3-4-6-14(13)17/h3-10,15,18H,2,17H2,1H3,(H,19,20). The number of nitrogen functional groups attached to an aromatic ring is 1. The topological polar surface area (TPSA) is 109 Å². The first-order chi connectivity index (χ1) is 10.8. The molecule has 0 aliphatic heterocycles. The van der Waals surface area contributed by atoms with Crippen molar-refractivity contribution in [2.24, 2.45) is 0 Å². The Morgan fingerprint density at radius 3 is 2.30 bits per heavy atom. The van der Waals surface area contributed by atoms with E-state index in [1.807, 2.05) is 18.2 Å². The number of hydrogen-bond donors (Lipinski definition) is 3. The molecule has 4 N–H and O–H groups in total. The van der Waals surface area contributed by atoms with Gasteiger partial charge in [0.25, 0.3) is 0 Å². The number of hydrogen-bond acceptors (Lipinski definition) is 4. The number of rotatable bonds is 6. The molecule has 1 unspecified atom stereocenters. The molecule has 0 aliphatic carbocycles. The van der Waals surface area contributed by atoms with Crippen LogP contribution in [-0.4, -0.2) is 25.5 Å². The van der Waals surface area contributed by atoms with Crippen LogP contribution in [0.3, 0.4) is 0 Å². The molecule has 23 heavy (non-hydrogen) atoms. The second kappa shape index (κ2) is 6.80. The van der Waals surface area contributed by atoms with Crippen molar-refractivity contribution >= 4 is 21.7 Å². The van der Waals surface area contributed by atoms with E-state index in [-0.39, 0.29) is 11.3 Å². The van der Waals surface area contributed by atoms with Gasteiger partial charge in [0.15, 0.2) is 0 Å². The van der Waals surface area contributed by atoms with Gasteiger partial charge in [0.2, 0.25) is 10.0 Å². The minimum absolute atomic E-state index is 0.00968. The summed E-state index contributed by atoms with van der Waals surface area (Å²) in [5.74, 6) is -1.20. The third-order valence-electron chi connectivity index (χ3n) is 3.44. The van der Waals surface area contributed by atoms with Gasteiger partial charge in [-0.2, -0.15) is 4.72 Å². The van der Waals surface area contributed by atoms with Gasteiger partial charge in [-0.25, -0.2) is 8.42 Å². The molecule has 2 rings (SSSR count). The van der Waals surface area contributed by atoms with Crippen LogP contribution in [0.4, 0.5) is 5.69 Å². The quantitative estimate of drug-likeness (QED) is 0.701. The Balaban J connectivity index is 2.29. The molecule has 122 valence electrons. The minimum atomic E-state index is -3.89. The fourth-order valence-electron chi connectivity index (χ4n) is 2.14. The number of carboxylic acid groups (broad SMARTS) is 1. The van der Waals surface area contributed by atoms with Gasteiger partial charge in [0.1, 0.15) is 6.04 Å². The lowest BCUT2D eigenvalue weighted by Gasteiger charge is -2.13. The molecule has 0 spiro atoms. The minimum Gasteiger partial charge on any atom is -0.480 e. The van der Waals surface area contributed by atoms with Crippen LogP contribution in [0.2, 0.25) is 0 Å². The molecule has 0 aromatic heterocycles. The van der Waals surface area contributed by atoms with Gasteiger partial charge in [-0.1, -0.05) is 37.3 Å². The van der Waals surface area contributed by atoms with Gasteiger partial charge in [0.05, 0.1) is 4.90 Å². The number of carbonyl (C=O) groups is 1. The van der Waals surface area contributed by atoms with E-state index in [9.17, 15) is 13.2 Å². The molecule has 1 atom stereocenters. The predicted molar refractivity (Wildman–Crippen MR) is 88.3 cm³/mol. The van der Waals surface area contributed by atoms with E-state index in [4.69, 9.17) is 10.8 Å². The highest BCUT2D eigenvalue weighted by Crippen LogP contribution is 2.26. The predicted octanol–water partition coefficient (Wildman–Crippen LogP) is 2.08. The van der Waals surface area contributed by atoms with E-state index < -0.39 is 22.0 Å². The normalized spacial score (nSPS) is 12.7. The summed E-state index contributed by atoms with van der Waals surface area (Å²) in [4.78, 5) is 11.0. The Morgan fingerprint density at radius 2 is 1.78 bits per heavy atom. The fourth-order valence-corrected chi connectivity index (χ4v) is 3.41. The summed E-state index contributed by atoms with van der Waals surface area (Å²) < 4.78 is 26.6. The highest BCUT2D eigenvalue weighted by Gasteiger charge is 2.23. The Morgan fingerprint density at radius 1 is 1.17 bits per heavy atom. The van der Waals surface area contributed by atoms with Crippen LogP contribution in [0.15, 0.2) is 53.4 Å². The molecule has 6 nitrogen and oxygen atoms in total. The molecular formula is C16H18N2O4S. The van der Waals surface area contributed by atoms with Crippen molar-refractivity contribution in [3.63, 3.8) is 0 Å². The summed E-state index contributed by atoms with van der Waals surface area (Å²) in [6.07, 6.45) is 0.160. The van der Waals surface area contributed by atoms with Crippen molar-refractivity contribution in [3.8, 4) is 11.1 Å². The number of nitrogens with two attached hydrogens (primary N) is 1. The Labute approximate surface area is 135 Å². The summed E-state index contributed by atoms with van der Waals surface area (Å²) in [6.45, 7) is 1.60. The van der Waals surface area contributed by atoms with E-state index >= 15 is 0 Å². The van der Waals surface area contributed by atoms with Crippen LogP contribution < -0.4 is 10.5 Å². The molecule has 0 radical (unpaired) electrons. The number of para-hydroxylation sites is 1. The molecule has 0 heterocycles. The van der Waals surface area contributed by atoms with E-state index in [0.29, 0.717) is 5.69 Å². The largest absolute Gasteiger partial charge is 0.480 e. The van der Waals surface area contributed by atoms with Crippen LogP contribution in [0.5, 0.6) is 0 Å². The van der Waals surface area contributed by atoms with E-state index in [1.165, 1.54) is 12.1 Å². The smallest absolute Gasteiger partial charge is 0.321 e. The molecule has 0 saturated carbocycles. The first-order valence-corrected chi connectivity index (χ1v) is 8.53. The van der Waals surface area contributed by atoms with Crippen molar-refractivity contribution in [2.75, 3.05) is 5.73 Å². The third kappa shape index (κ3) is 3.88. The van der Waals surface area contributed by atoms with Crippen molar-refractivity contribution in [2.45, 2.75) is 24.3 Å². The third-order valence-corrected chi connectivity index (χ3v) is 4.93. The van der Waals surface area contributed by atoms with Gasteiger partial charge >= 0.3 is 5.97 Å². The Kier molecular flexibility index (Phi) is 5.02. The molecule has 0 saturated heterocycles. The molecule has 0 bridgehead atoms. The lowest BCUT2D eigenvalue weighted by atomic mass is 10.0. The number of nitrogens with one attached hydrogen (secondary N) is 1. The van der Waals surface area contributed by atoms with E-state index in [1.54, 1.807) is 25.1 Å². The second-order valence-corrected chi connectivity index (χ2v) is 6.75. The lowest BCUT2D eigenvalue weighted by Crippen LogP contribution is -2.40. The highest BCUT2D eigenvalue weighted by molar-refractivity contribution is 7.89. The molecule has 2 aromatic carbocycles. The number of carboxylic acids is 1. The maximum atomic E-state index is 12.2. The van der Waals surface area contributed by atoms with E-state index in [0.717, 1.165) is 11.1 Å². The van der Waals surface area contributed by atoms with Crippen molar-refractivity contribution in [1.29, 1.82) is 0 Å². The molecule has 0 fully saturated rings. The summed E-state index contributed by atoms with van der Waals surface area (Å²) in [7, 11) is -3.89. The summed E-state index contributed by atoms with van der Waals surface area (Å²) in [5, 5.41) is 8.97. The average molecular weight is 334 g/mol. The van der Waals surface area contributed by atoms with Crippen LogP contribution in [0.1, 0.15) is 13.3 Å². The number of aliphatic carboxylic acids is 1. The van der Waals surface area contributed by atoms with Crippen LogP contribution in [-0.2, 0) is 14.8 Å². The van der Waals surface area contributed by atoms with Crippen LogP contribution in [0.25, 0.3) is 11.1 Å². The lowest BCUT2D eigenvalue weighted by molar-refractivity contribution is -0.139. The molecule has 2 aromatic rings. The number of benzene rings is 2. The fraction of sp³-hybridized carbons (Fsp3) is 0.188. The zero-order chi connectivity index (χ0) is 17.0. The Bertz CT molecular complexity index is 801. The summed E-state index contributed by atoms with van der Waals surface area (Å²) >= 11 is 0. The van der Waals surface area contributed by atoms with Crippen LogP contribution in [0, 0.1) is 0 Å². The van der Waals surface area contributed by atoms with Gasteiger partial charge in [0, 0.05) is 11.3 Å². The average Bonchev–Trinajstić information content (AvgIpc) is 2.53. The van der Waals surface area contributed by atoms with Gasteiger partial charge in [-0.3, -0.25) is 4.79 Å². The zero-order valence-corrected chi connectivity index (χ0v) is 13.4. The Hall–Kier alpha value is -2.38. The monoisotopic (exact) mass is 334 g/mol. The highest BCUT2D eigenvalue weighted by atomic mass is 32.2. The van der Waals surface area contributed by atoms with Gasteiger partial charge in [-0.15, -0.1) is 0 Å². The second-order valence-electron chi connectivity index (χ2n) is 5.03. The number of sulfonamides is 1. The molecule has 0 amide bonds. The SMILES string of the molecule is CCC(NS(=O)(=O)c1ccc(-c2ccccc2N)cc1)C(=O)O. The molecule has 0 aliphatic rings. The van der Waals surface area contributed by atoms with E-state index in [2.05, 4.69) is 4.72 Å². The van der Waals surface area contributed by atoms with Crippen molar-refractivity contribution in [3.05, 3.63) is 48.5 Å².